The molecule has 0 spiro atoms. The van der Waals surface area contributed by atoms with E-state index in [4.69, 9.17) is 4.74 Å². The van der Waals surface area contributed by atoms with Gasteiger partial charge in [0.1, 0.15) is 5.70 Å². The average molecular weight is 382 g/mol. The number of β-lactam (4-membered cyclic amide) rings is 1. The molecule has 2 saturated heterocycles. The van der Waals surface area contributed by atoms with E-state index < -0.39 is 18.0 Å². The highest BCUT2D eigenvalue weighted by Gasteiger charge is 2.60. The van der Waals surface area contributed by atoms with Crippen molar-refractivity contribution in [1.29, 1.82) is 0 Å². The number of carbonyl (C=O) groups is 3. The van der Waals surface area contributed by atoms with E-state index in [1.54, 1.807) is 6.92 Å². The molecule has 3 aliphatic rings. The molecule has 8 heteroatoms. The van der Waals surface area contributed by atoms with Crippen LogP contribution in [0.25, 0.3) is 0 Å². The van der Waals surface area contributed by atoms with Crippen LogP contribution in [-0.2, 0) is 19.1 Å². The Morgan fingerprint density at radius 1 is 1.46 bits per heavy atom. The number of thioether (sulfide) groups is 1. The summed E-state index contributed by atoms with van der Waals surface area (Å²) in [7, 11) is 0. The van der Waals surface area contributed by atoms with Gasteiger partial charge in [-0.25, -0.2) is 4.79 Å². The molecular formula is C18H26N2O5S. The van der Waals surface area contributed by atoms with Gasteiger partial charge in [-0.15, -0.1) is 11.8 Å². The van der Waals surface area contributed by atoms with Crippen LogP contribution < -0.4 is 5.32 Å². The molecule has 2 fully saturated rings. The molecule has 0 bridgehead atoms. The Kier molecular flexibility index (Phi) is 5.62. The van der Waals surface area contributed by atoms with Crippen LogP contribution in [0.3, 0.4) is 0 Å². The van der Waals surface area contributed by atoms with Crippen LogP contribution in [0.1, 0.15) is 40.0 Å². The van der Waals surface area contributed by atoms with Crippen LogP contribution in [0.5, 0.6) is 0 Å². The molecule has 0 aromatic carbocycles. The number of hydrogen-bond donors (Lipinski definition) is 2. The fourth-order valence-corrected chi connectivity index (χ4v) is 5.30. The lowest BCUT2D eigenvalue weighted by Gasteiger charge is -2.46. The van der Waals surface area contributed by atoms with Gasteiger partial charge < -0.3 is 20.1 Å². The van der Waals surface area contributed by atoms with Crippen molar-refractivity contribution in [2.24, 2.45) is 11.8 Å². The smallest absolute Gasteiger partial charge is 0.355 e. The van der Waals surface area contributed by atoms with Gasteiger partial charge in [0.25, 0.3) is 0 Å². The topological polar surface area (TPSA) is 95.9 Å². The minimum Gasteiger partial charge on any atom is -0.461 e. The Balaban J connectivity index is 1.85. The van der Waals surface area contributed by atoms with Crippen molar-refractivity contribution in [1.82, 2.24) is 10.2 Å². The van der Waals surface area contributed by atoms with E-state index in [1.807, 2.05) is 13.8 Å². The summed E-state index contributed by atoms with van der Waals surface area (Å²) in [6.45, 7) is 6.46. The molecule has 0 unspecified atom stereocenters. The third-order valence-electron chi connectivity index (χ3n) is 5.27. The first-order valence-electron chi connectivity index (χ1n) is 9.22. The van der Waals surface area contributed by atoms with Gasteiger partial charge >= 0.3 is 5.97 Å². The van der Waals surface area contributed by atoms with E-state index in [-0.39, 0.29) is 29.0 Å². The van der Waals surface area contributed by atoms with Gasteiger partial charge in [-0.3, -0.25) is 9.59 Å². The van der Waals surface area contributed by atoms with E-state index in [0.717, 1.165) is 17.7 Å². The molecule has 2 amide bonds. The molecule has 0 radical (unpaired) electrons. The number of esters is 1. The highest BCUT2D eigenvalue weighted by Crippen LogP contribution is 2.51. The summed E-state index contributed by atoms with van der Waals surface area (Å²) in [6, 6.07) is -0.219. The Bertz CT molecular complexity index is 647. The molecule has 7 nitrogen and oxygen atoms in total. The van der Waals surface area contributed by atoms with Crippen molar-refractivity contribution in [2.75, 3.05) is 13.2 Å². The second kappa shape index (κ2) is 7.60. The highest BCUT2D eigenvalue weighted by molar-refractivity contribution is 8.03. The summed E-state index contributed by atoms with van der Waals surface area (Å²) >= 11 is 1.49. The molecule has 3 heterocycles. The summed E-state index contributed by atoms with van der Waals surface area (Å²) in [4.78, 5) is 39.1. The van der Waals surface area contributed by atoms with Crippen LogP contribution >= 0.6 is 11.8 Å². The van der Waals surface area contributed by atoms with E-state index in [1.165, 1.54) is 16.7 Å². The zero-order chi connectivity index (χ0) is 19.0. The van der Waals surface area contributed by atoms with Crippen LogP contribution in [0.15, 0.2) is 10.6 Å². The number of amides is 2. The van der Waals surface area contributed by atoms with E-state index in [2.05, 4.69) is 5.32 Å². The van der Waals surface area contributed by atoms with E-state index in [0.29, 0.717) is 25.3 Å². The molecule has 3 aliphatic heterocycles. The first kappa shape index (κ1) is 19.2. The van der Waals surface area contributed by atoms with E-state index in [9.17, 15) is 19.5 Å². The second-order valence-electron chi connectivity index (χ2n) is 7.20. The maximum absolute atomic E-state index is 12.7. The fraction of sp³-hybridized carbons (Fsp3) is 0.722. The number of nitrogens with zero attached hydrogens (tertiary/aromatic N) is 1. The lowest BCUT2D eigenvalue weighted by Crippen LogP contribution is -2.63. The number of fused-ring (bicyclic) bond motifs is 1. The molecule has 0 aromatic rings. The Hall–Kier alpha value is -1.54. The molecule has 144 valence electrons. The molecule has 5 atom stereocenters. The molecule has 3 rings (SSSR count). The summed E-state index contributed by atoms with van der Waals surface area (Å²) in [5, 5.41) is 12.8. The number of aliphatic hydroxyl groups is 1. The van der Waals surface area contributed by atoms with Gasteiger partial charge in [0.15, 0.2) is 0 Å². The SMILES string of the molecule is CCCCOC(=O)C1=C(S[C@H]2CNC(=O)C2)[C@H](C)[C@@H]2[C@@H]([C@@H](C)O)C(=O)N12. The van der Waals surface area contributed by atoms with E-state index >= 15 is 0 Å². The van der Waals surface area contributed by atoms with Crippen LogP contribution in [-0.4, -0.2) is 58.3 Å². The van der Waals surface area contributed by atoms with Crippen molar-refractivity contribution >= 4 is 29.5 Å². The second-order valence-corrected chi connectivity index (χ2v) is 8.55. The zero-order valence-corrected chi connectivity index (χ0v) is 16.2. The summed E-state index contributed by atoms with van der Waals surface area (Å²) in [5.41, 5.74) is 0.310. The third-order valence-corrected chi connectivity index (χ3v) is 6.75. The predicted molar refractivity (Wildman–Crippen MR) is 96.9 cm³/mol. The number of hydrogen-bond acceptors (Lipinski definition) is 6. The number of aliphatic hydroxyl groups excluding tert-OH is 1. The minimum absolute atomic E-state index is 0.00188. The van der Waals surface area contributed by atoms with Gasteiger partial charge in [0.05, 0.1) is 24.7 Å². The van der Waals surface area contributed by atoms with Crippen LogP contribution in [0, 0.1) is 11.8 Å². The van der Waals surface area contributed by atoms with Crippen LogP contribution in [0.2, 0.25) is 0 Å². The summed E-state index contributed by atoms with van der Waals surface area (Å²) < 4.78 is 5.38. The molecular weight excluding hydrogens is 356 g/mol. The quantitative estimate of drug-likeness (QED) is 0.388. The third kappa shape index (κ3) is 3.24. The first-order valence-corrected chi connectivity index (χ1v) is 10.1. The zero-order valence-electron chi connectivity index (χ0n) is 15.4. The number of unbranched alkanes of at least 4 members (excludes halogenated alkanes) is 1. The standard InChI is InChI=1S/C18H26N2O5S/c1-4-5-6-25-18(24)15-16(26-11-7-12(22)19-8-11)9(2)14-13(10(3)21)17(23)20(14)15/h9-11,13-14,21H,4-8H2,1-3H3,(H,19,22)/t9-,10-,11-,13-,14-/m1/s1. The van der Waals surface area contributed by atoms with Gasteiger partial charge in [0.2, 0.25) is 11.8 Å². The summed E-state index contributed by atoms with van der Waals surface area (Å²) in [6.07, 6.45) is 1.32. The Morgan fingerprint density at radius 2 is 2.19 bits per heavy atom. The molecule has 0 aromatic heterocycles. The first-order chi connectivity index (χ1) is 12.4. The lowest BCUT2D eigenvalue weighted by molar-refractivity contribution is -0.164. The van der Waals surface area contributed by atoms with Gasteiger partial charge in [-0.2, -0.15) is 0 Å². The molecule has 0 aliphatic carbocycles. The minimum atomic E-state index is -0.761. The van der Waals surface area contributed by atoms with Crippen molar-refractivity contribution in [3.05, 3.63) is 10.6 Å². The van der Waals surface area contributed by atoms with Crippen molar-refractivity contribution < 1.29 is 24.2 Å². The number of ether oxygens (including phenoxy) is 1. The van der Waals surface area contributed by atoms with Gasteiger partial charge in [-0.05, 0) is 13.3 Å². The van der Waals surface area contributed by atoms with Crippen molar-refractivity contribution in [3.63, 3.8) is 0 Å². The van der Waals surface area contributed by atoms with Crippen LogP contribution in [0.4, 0.5) is 0 Å². The summed E-state index contributed by atoms with van der Waals surface area (Å²) in [5.74, 6) is -1.27. The highest BCUT2D eigenvalue weighted by atomic mass is 32.2. The molecule has 2 N–H and O–H groups in total. The predicted octanol–water partition coefficient (Wildman–Crippen LogP) is 1.02. The van der Waals surface area contributed by atoms with Gasteiger partial charge in [0, 0.05) is 29.0 Å². The fourth-order valence-electron chi connectivity index (χ4n) is 3.89. The maximum Gasteiger partial charge on any atom is 0.355 e. The number of carbonyl (C=O) groups excluding carboxylic acids is 3. The Morgan fingerprint density at radius 3 is 2.77 bits per heavy atom. The maximum atomic E-state index is 12.7. The normalized spacial score (nSPS) is 31.6. The van der Waals surface area contributed by atoms with Crippen molar-refractivity contribution in [3.8, 4) is 0 Å². The number of nitrogens with one attached hydrogen (secondary N) is 1. The lowest BCUT2D eigenvalue weighted by atomic mass is 9.79. The monoisotopic (exact) mass is 382 g/mol. The molecule has 26 heavy (non-hydrogen) atoms. The average Bonchev–Trinajstić information content (AvgIpc) is 3.08. The largest absolute Gasteiger partial charge is 0.461 e. The molecule has 0 saturated carbocycles. The van der Waals surface area contributed by atoms with Gasteiger partial charge in [-0.1, -0.05) is 20.3 Å². The van der Waals surface area contributed by atoms with Crippen molar-refractivity contribution in [2.45, 2.75) is 57.4 Å². The number of rotatable bonds is 7. The Labute approximate surface area is 157 Å².